The van der Waals surface area contributed by atoms with E-state index in [1.54, 1.807) is 9.80 Å². The molecule has 1 aromatic carbocycles. The van der Waals surface area contributed by atoms with Crippen molar-refractivity contribution in [3.63, 3.8) is 0 Å². The minimum Gasteiger partial charge on any atom is -0.481 e. The standard InChI is InChI=1S/C21H27N3O4/c25-18-9-5-11-23(18)13-17(15-6-2-1-3-7-15)22-20(28)24-12-16-8-4-10-21(16,14-24)19(26)27/h1-3,6-7,16-17H,4-5,8-14H2,(H,22,28)(H,26,27)/t16-,17?,21+/m0/s1. The molecule has 7 nitrogen and oxygen atoms in total. The molecule has 2 heterocycles. The fraction of sp³-hybridized carbons (Fsp3) is 0.571. The van der Waals surface area contributed by atoms with Gasteiger partial charge in [0, 0.05) is 32.6 Å². The first-order valence-electron chi connectivity index (χ1n) is 10.1. The van der Waals surface area contributed by atoms with Crippen LogP contribution in [0, 0.1) is 11.3 Å². The maximum atomic E-state index is 13.0. The second-order valence-electron chi connectivity index (χ2n) is 8.29. The first kappa shape index (κ1) is 18.8. The summed E-state index contributed by atoms with van der Waals surface area (Å²) >= 11 is 0. The van der Waals surface area contributed by atoms with Gasteiger partial charge >= 0.3 is 12.0 Å². The third-order valence-corrected chi connectivity index (χ3v) is 6.66. The Morgan fingerprint density at radius 2 is 2.04 bits per heavy atom. The third kappa shape index (κ3) is 3.34. The number of carboxylic acids is 1. The third-order valence-electron chi connectivity index (χ3n) is 6.66. The smallest absolute Gasteiger partial charge is 0.317 e. The molecule has 1 aliphatic carbocycles. The summed E-state index contributed by atoms with van der Waals surface area (Å²) in [7, 11) is 0. The Labute approximate surface area is 164 Å². The molecule has 2 aliphatic heterocycles. The molecule has 0 bridgehead atoms. The van der Waals surface area contributed by atoms with E-state index in [4.69, 9.17) is 0 Å². The van der Waals surface area contributed by atoms with E-state index in [1.807, 2.05) is 30.3 Å². The Bertz CT molecular complexity index is 768. The summed E-state index contributed by atoms with van der Waals surface area (Å²) in [5, 5.41) is 12.8. The number of fused-ring (bicyclic) bond motifs is 1. The van der Waals surface area contributed by atoms with Gasteiger partial charge in [-0.3, -0.25) is 9.59 Å². The van der Waals surface area contributed by atoms with Crippen LogP contribution in [-0.4, -0.2) is 59.0 Å². The van der Waals surface area contributed by atoms with Crippen LogP contribution in [0.1, 0.15) is 43.7 Å². The Morgan fingerprint density at radius 3 is 2.68 bits per heavy atom. The van der Waals surface area contributed by atoms with E-state index in [2.05, 4.69) is 5.32 Å². The molecule has 2 saturated heterocycles. The summed E-state index contributed by atoms with van der Waals surface area (Å²) in [6.07, 6.45) is 3.82. The van der Waals surface area contributed by atoms with E-state index in [1.165, 1.54) is 0 Å². The van der Waals surface area contributed by atoms with E-state index in [-0.39, 0.29) is 30.4 Å². The average Bonchev–Trinajstić information content (AvgIpc) is 3.36. The van der Waals surface area contributed by atoms with Gasteiger partial charge in [-0.2, -0.15) is 0 Å². The van der Waals surface area contributed by atoms with Crippen LogP contribution in [0.15, 0.2) is 30.3 Å². The SMILES string of the molecule is O=C1CCCN1CC(NC(=O)N1C[C@@H]2CCC[C@@]2(C(=O)O)C1)c1ccccc1. The van der Waals surface area contributed by atoms with Gasteiger partial charge in [-0.1, -0.05) is 36.8 Å². The molecule has 1 saturated carbocycles. The van der Waals surface area contributed by atoms with Crippen LogP contribution in [0.2, 0.25) is 0 Å². The van der Waals surface area contributed by atoms with Crippen LogP contribution in [0.3, 0.4) is 0 Å². The van der Waals surface area contributed by atoms with Crippen molar-refractivity contribution >= 4 is 17.9 Å². The van der Waals surface area contributed by atoms with E-state index in [9.17, 15) is 19.5 Å². The molecule has 1 unspecified atom stereocenters. The monoisotopic (exact) mass is 385 g/mol. The Morgan fingerprint density at radius 1 is 1.25 bits per heavy atom. The van der Waals surface area contributed by atoms with Gasteiger partial charge < -0.3 is 20.2 Å². The van der Waals surface area contributed by atoms with Crippen molar-refractivity contribution in [1.29, 1.82) is 0 Å². The highest BCUT2D eigenvalue weighted by Crippen LogP contribution is 2.48. The van der Waals surface area contributed by atoms with Gasteiger partial charge in [-0.25, -0.2) is 4.79 Å². The highest BCUT2D eigenvalue weighted by atomic mass is 16.4. The van der Waals surface area contributed by atoms with Crippen molar-refractivity contribution in [2.24, 2.45) is 11.3 Å². The molecule has 0 spiro atoms. The highest BCUT2D eigenvalue weighted by molar-refractivity contribution is 5.81. The van der Waals surface area contributed by atoms with Gasteiger partial charge in [0.15, 0.2) is 0 Å². The molecule has 3 aliphatic rings. The number of nitrogens with zero attached hydrogens (tertiary/aromatic N) is 2. The second kappa shape index (κ2) is 7.45. The molecular formula is C21H27N3O4. The van der Waals surface area contributed by atoms with Crippen molar-refractivity contribution in [2.75, 3.05) is 26.2 Å². The maximum Gasteiger partial charge on any atom is 0.317 e. The summed E-state index contributed by atoms with van der Waals surface area (Å²) in [4.78, 5) is 40.4. The number of likely N-dealkylation sites (tertiary alicyclic amines) is 2. The van der Waals surface area contributed by atoms with E-state index >= 15 is 0 Å². The number of nitrogens with one attached hydrogen (secondary N) is 1. The number of urea groups is 1. The molecule has 3 amide bonds. The minimum atomic E-state index is -0.787. The zero-order valence-electron chi connectivity index (χ0n) is 16.0. The van der Waals surface area contributed by atoms with E-state index in [0.717, 1.165) is 24.8 Å². The number of carboxylic acid groups (broad SMARTS) is 1. The van der Waals surface area contributed by atoms with Gasteiger partial charge in [0.25, 0.3) is 0 Å². The minimum absolute atomic E-state index is 0.0334. The maximum absolute atomic E-state index is 13.0. The van der Waals surface area contributed by atoms with E-state index < -0.39 is 11.4 Å². The lowest BCUT2D eigenvalue weighted by molar-refractivity contribution is -0.149. The van der Waals surface area contributed by atoms with Crippen molar-refractivity contribution in [3.05, 3.63) is 35.9 Å². The Hall–Kier alpha value is -2.57. The van der Waals surface area contributed by atoms with Gasteiger partial charge in [0.1, 0.15) is 0 Å². The number of hydrogen-bond donors (Lipinski definition) is 2. The van der Waals surface area contributed by atoms with Gasteiger partial charge in [0.2, 0.25) is 5.91 Å². The average molecular weight is 385 g/mol. The number of amides is 3. The topological polar surface area (TPSA) is 90.0 Å². The highest BCUT2D eigenvalue weighted by Gasteiger charge is 2.55. The van der Waals surface area contributed by atoms with E-state index in [0.29, 0.717) is 32.5 Å². The summed E-state index contributed by atoms with van der Waals surface area (Å²) in [6, 6.07) is 9.10. The van der Waals surface area contributed by atoms with Crippen LogP contribution < -0.4 is 5.32 Å². The summed E-state index contributed by atoms with van der Waals surface area (Å²) in [6.45, 7) is 1.91. The quantitative estimate of drug-likeness (QED) is 0.813. The molecule has 1 aromatic rings. The first-order valence-corrected chi connectivity index (χ1v) is 10.1. The molecule has 4 rings (SSSR count). The van der Waals surface area contributed by atoms with Crippen LogP contribution >= 0.6 is 0 Å². The zero-order valence-corrected chi connectivity index (χ0v) is 16.0. The number of carbonyl (C=O) groups is 3. The molecule has 0 radical (unpaired) electrons. The Kier molecular flexibility index (Phi) is 5.00. The van der Waals surface area contributed by atoms with Crippen molar-refractivity contribution in [1.82, 2.24) is 15.1 Å². The summed E-state index contributed by atoms with van der Waals surface area (Å²) in [5.74, 6) is -0.630. The molecule has 3 fully saturated rings. The second-order valence-corrected chi connectivity index (χ2v) is 8.29. The molecule has 3 atom stereocenters. The van der Waals surface area contributed by atoms with Crippen LogP contribution in [-0.2, 0) is 9.59 Å². The number of carbonyl (C=O) groups excluding carboxylic acids is 2. The number of rotatable bonds is 5. The Balaban J connectivity index is 1.48. The van der Waals surface area contributed by atoms with Crippen LogP contribution in [0.4, 0.5) is 4.79 Å². The molecular weight excluding hydrogens is 358 g/mol. The van der Waals surface area contributed by atoms with Gasteiger partial charge in [-0.15, -0.1) is 0 Å². The molecule has 2 N–H and O–H groups in total. The van der Waals surface area contributed by atoms with Crippen molar-refractivity contribution in [2.45, 2.75) is 38.1 Å². The number of hydrogen-bond acceptors (Lipinski definition) is 3. The van der Waals surface area contributed by atoms with Gasteiger partial charge in [0.05, 0.1) is 11.5 Å². The van der Waals surface area contributed by atoms with Crippen molar-refractivity contribution in [3.8, 4) is 0 Å². The fourth-order valence-electron chi connectivity index (χ4n) is 5.07. The molecule has 0 aromatic heterocycles. The fourth-order valence-corrected chi connectivity index (χ4v) is 5.07. The lowest BCUT2D eigenvalue weighted by atomic mass is 9.81. The number of benzene rings is 1. The largest absolute Gasteiger partial charge is 0.481 e. The molecule has 150 valence electrons. The molecule has 28 heavy (non-hydrogen) atoms. The van der Waals surface area contributed by atoms with Crippen molar-refractivity contribution < 1.29 is 19.5 Å². The predicted octanol–water partition coefficient (Wildman–Crippen LogP) is 2.25. The van der Waals surface area contributed by atoms with Crippen LogP contribution in [0.5, 0.6) is 0 Å². The zero-order chi connectivity index (χ0) is 19.7. The normalized spacial score (nSPS) is 27.7. The first-order chi connectivity index (χ1) is 13.5. The van der Waals surface area contributed by atoms with Gasteiger partial charge in [-0.05, 0) is 30.7 Å². The summed E-state index contributed by atoms with van der Waals surface area (Å²) < 4.78 is 0. The lowest BCUT2D eigenvalue weighted by Crippen LogP contribution is -2.45. The lowest BCUT2D eigenvalue weighted by Gasteiger charge is -2.28. The predicted molar refractivity (Wildman–Crippen MR) is 103 cm³/mol. The van der Waals surface area contributed by atoms with Crippen LogP contribution in [0.25, 0.3) is 0 Å². The number of aliphatic carboxylic acids is 1. The molecule has 7 heteroatoms. The summed E-state index contributed by atoms with van der Waals surface area (Å²) in [5.41, 5.74) is 0.160.